The second-order valence-corrected chi connectivity index (χ2v) is 6.46. The van der Waals surface area contributed by atoms with E-state index in [4.69, 9.17) is 18.6 Å². The molecular weight excluding hydrogens is 386 g/mol. The molecule has 0 aliphatic heterocycles. The van der Waals surface area contributed by atoms with Crippen molar-refractivity contribution in [1.29, 1.82) is 0 Å². The van der Waals surface area contributed by atoms with Crippen LogP contribution in [0.4, 0.5) is 0 Å². The molecule has 156 valence electrons. The van der Waals surface area contributed by atoms with E-state index in [1.54, 1.807) is 36.4 Å². The topological polar surface area (TPSA) is 87.0 Å². The molecule has 1 amide bonds. The van der Waals surface area contributed by atoms with E-state index in [1.165, 1.54) is 13.2 Å². The lowest BCUT2D eigenvalue weighted by molar-refractivity contribution is -0.156. The molecule has 3 aromatic rings. The number of carbonyl (C=O) groups excluding carboxylic acids is 2. The minimum absolute atomic E-state index is 0.225. The van der Waals surface area contributed by atoms with Crippen molar-refractivity contribution in [2.75, 3.05) is 6.61 Å². The number of esters is 1. The Bertz CT molecular complexity index is 922. The van der Waals surface area contributed by atoms with Crippen LogP contribution in [-0.4, -0.2) is 24.6 Å². The third-order valence-corrected chi connectivity index (χ3v) is 4.12. The maximum Gasteiger partial charge on any atom is 0.344 e. The number of furan rings is 1. The molecule has 0 radical (unpaired) electrons. The number of amides is 1. The summed E-state index contributed by atoms with van der Waals surface area (Å²) in [6.07, 6.45) is 0.578. The molecule has 2 aromatic carbocycles. The summed E-state index contributed by atoms with van der Waals surface area (Å²) in [5, 5.41) is 2.63. The molecule has 1 N–H and O–H groups in total. The van der Waals surface area contributed by atoms with E-state index < -0.39 is 18.0 Å². The molecule has 7 nitrogen and oxygen atoms in total. The van der Waals surface area contributed by atoms with E-state index in [-0.39, 0.29) is 13.2 Å². The number of nitrogens with one attached hydrogen (secondary N) is 1. The van der Waals surface area contributed by atoms with Crippen LogP contribution in [0.2, 0.25) is 0 Å². The number of hydrogen-bond acceptors (Lipinski definition) is 6. The van der Waals surface area contributed by atoms with Gasteiger partial charge in [0.2, 0.25) is 0 Å². The van der Waals surface area contributed by atoms with Crippen LogP contribution >= 0.6 is 0 Å². The summed E-state index contributed by atoms with van der Waals surface area (Å²) in [6.45, 7) is 1.88. The average Bonchev–Trinajstić information content (AvgIpc) is 3.29. The van der Waals surface area contributed by atoms with Crippen molar-refractivity contribution in [1.82, 2.24) is 5.32 Å². The molecule has 0 aliphatic rings. The first-order chi connectivity index (χ1) is 14.6. The van der Waals surface area contributed by atoms with Gasteiger partial charge in [0.25, 0.3) is 5.91 Å². The lowest BCUT2D eigenvalue weighted by Gasteiger charge is -2.13. The molecule has 0 spiro atoms. The molecule has 3 rings (SSSR count). The van der Waals surface area contributed by atoms with Crippen LogP contribution in [0.1, 0.15) is 18.2 Å². The third-order valence-electron chi connectivity index (χ3n) is 4.12. The number of benzene rings is 2. The zero-order chi connectivity index (χ0) is 21.2. The van der Waals surface area contributed by atoms with Gasteiger partial charge >= 0.3 is 5.97 Å². The standard InChI is InChI=1S/C23H23NO6/c1-17(23(26)24-14-21-8-5-13-27-21)30-22(25)16-29-20-11-9-19(10-12-20)28-15-18-6-3-2-4-7-18/h2-13,17H,14-16H2,1H3,(H,24,26)/t17-/m1/s1. The van der Waals surface area contributed by atoms with Gasteiger partial charge in [0.05, 0.1) is 12.8 Å². The van der Waals surface area contributed by atoms with Gasteiger partial charge in [-0.05, 0) is 48.9 Å². The van der Waals surface area contributed by atoms with Crippen molar-refractivity contribution in [3.63, 3.8) is 0 Å². The van der Waals surface area contributed by atoms with Gasteiger partial charge in [-0.1, -0.05) is 30.3 Å². The highest BCUT2D eigenvalue weighted by Gasteiger charge is 2.18. The molecule has 7 heteroatoms. The van der Waals surface area contributed by atoms with Gasteiger partial charge in [-0.15, -0.1) is 0 Å². The maximum atomic E-state index is 12.0. The highest BCUT2D eigenvalue weighted by atomic mass is 16.6. The zero-order valence-corrected chi connectivity index (χ0v) is 16.6. The van der Waals surface area contributed by atoms with E-state index >= 15 is 0 Å². The molecule has 30 heavy (non-hydrogen) atoms. The molecule has 0 bridgehead atoms. The van der Waals surface area contributed by atoms with Crippen LogP contribution in [0.15, 0.2) is 77.4 Å². The fraction of sp³-hybridized carbons (Fsp3) is 0.217. The number of carbonyl (C=O) groups is 2. The van der Waals surface area contributed by atoms with Crippen LogP contribution in [0, 0.1) is 0 Å². The first kappa shape index (κ1) is 21.0. The molecule has 0 aliphatic carbocycles. The minimum atomic E-state index is -0.940. The van der Waals surface area contributed by atoms with E-state index in [9.17, 15) is 9.59 Å². The molecule has 1 heterocycles. The molecule has 0 fully saturated rings. The fourth-order valence-electron chi connectivity index (χ4n) is 2.53. The van der Waals surface area contributed by atoms with Gasteiger partial charge in [0.15, 0.2) is 12.7 Å². The molecular formula is C23H23NO6. The summed E-state index contributed by atoms with van der Waals surface area (Å²) in [5.74, 6) is 0.741. The monoisotopic (exact) mass is 409 g/mol. The van der Waals surface area contributed by atoms with Gasteiger partial charge in [-0.25, -0.2) is 4.79 Å². The van der Waals surface area contributed by atoms with Crippen molar-refractivity contribution in [3.8, 4) is 11.5 Å². The molecule has 0 saturated carbocycles. The van der Waals surface area contributed by atoms with E-state index in [0.29, 0.717) is 23.9 Å². The Labute approximate surface area is 174 Å². The predicted octanol–water partition coefficient (Wildman–Crippen LogP) is 3.49. The average molecular weight is 409 g/mol. The van der Waals surface area contributed by atoms with Crippen LogP contribution in [-0.2, 0) is 27.5 Å². The smallest absolute Gasteiger partial charge is 0.344 e. The number of rotatable bonds is 10. The van der Waals surface area contributed by atoms with Crippen molar-refractivity contribution < 1.29 is 28.2 Å². The quantitative estimate of drug-likeness (QED) is 0.516. The fourth-order valence-corrected chi connectivity index (χ4v) is 2.53. The van der Waals surface area contributed by atoms with Crippen molar-refractivity contribution in [3.05, 3.63) is 84.3 Å². The summed E-state index contributed by atoms with van der Waals surface area (Å²) in [7, 11) is 0. The van der Waals surface area contributed by atoms with E-state index in [1.807, 2.05) is 30.3 Å². The van der Waals surface area contributed by atoms with Crippen LogP contribution in [0.5, 0.6) is 11.5 Å². The second-order valence-electron chi connectivity index (χ2n) is 6.46. The molecule has 0 saturated heterocycles. The number of hydrogen-bond donors (Lipinski definition) is 1. The maximum absolute atomic E-state index is 12.0. The van der Waals surface area contributed by atoms with Gasteiger partial charge in [-0.2, -0.15) is 0 Å². The van der Waals surface area contributed by atoms with Crippen molar-refractivity contribution in [2.45, 2.75) is 26.2 Å². The first-order valence-corrected chi connectivity index (χ1v) is 9.49. The molecule has 0 unspecified atom stereocenters. The van der Waals surface area contributed by atoms with Gasteiger partial charge < -0.3 is 23.9 Å². The normalized spacial score (nSPS) is 11.4. The van der Waals surface area contributed by atoms with Gasteiger partial charge in [0.1, 0.15) is 23.9 Å². The van der Waals surface area contributed by atoms with Crippen molar-refractivity contribution in [2.24, 2.45) is 0 Å². The summed E-state index contributed by atoms with van der Waals surface area (Å²) >= 11 is 0. The lowest BCUT2D eigenvalue weighted by atomic mass is 10.2. The summed E-state index contributed by atoms with van der Waals surface area (Å²) in [4.78, 5) is 23.9. The summed E-state index contributed by atoms with van der Waals surface area (Å²) in [5.41, 5.74) is 1.07. The van der Waals surface area contributed by atoms with Crippen LogP contribution in [0.25, 0.3) is 0 Å². The number of ether oxygens (including phenoxy) is 3. The SMILES string of the molecule is C[C@@H](OC(=O)COc1ccc(OCc2ccccc2)cc1)C(=O)NCc1ccco1. The summed E-state index contributed by atoms with van der Waals surface area (Å²) in [6, 6.07) is 20.2. The zero-order valence-electron chi connectivity index (χ0n) is 16.6. The Hall–Kier alpha value is -3.74. The Kier molecular flexibility index (Phi) is 7.49. The Morgan fingerprint density at radius 3 is 2.30 bits per heavy atom. The van der Waals surface area contributed by atoms with E-state index in [0.717, 1.165) is 5.56 Å². The highest BCUT2D eigenvalue weighted by molar-refractivity contribution is 5.83. The Balaban J connectivity index is 1.37. The molecule has 1 aromatic heterocycles. The van der Waals surface area contributed by atoms with Crippen molar-refractivity contribution >= 4 is 11.9 Å². The second kappa shape index (κ2) is 10.7. The third kappa shape index (κ3) is 6.70. The van der Waals surface area contributed by atoms with E-state index in [2.05, 4.69) is 5.32 Å². The minimum Gasteiger partial charge on any atom is -0.489 e. The Morgan fingerprint density at radius 2 is 1.63 bits per heavy atom. The van der Waals surface area contributed by atoms with Crippen LogP contribution in [0.3, 0.4) is 0 Å². The highest BCUT2D eigenvalue weighted by Crippen LogP contribution is 2.18. The Morgan fingerprint density at radius 1 is 0.933 bits per heavy atom. The van der Waals surface area contributed by atoms with Gasteiger partial charge in [-0.3, -0.25) is 4.79 Å². The van der Waals surface area contributed by atoms with Gasteiger partial charge in [0, 0.05) is 0 Å². The molecule has 1 atom stereocenters. The lowest BCUT2D eigenvalue weighted by Crippen LogP contribution is -2.36. The predicted molar refractivity (Wildman–Crippen MR) is 109 cm³/mol. The largest absolute Gasteiger partial charge is 0.489 e. The first-order valence-electron chi connectivity index (χ1n) is 9.49. The summed E-state index contributed by atoms with van der Waals surface area (Å²) < 4.78 is 21.3. The van der Waals surface area contributed by atoms with Crippen LogP contribution < -0.4 is 14.8 Å².